The van der Waals surface area contributed by atoms with Crippen LogP contribution in [0.5, 0.6) is 0 Å². The second-order valence-electron chi connectivity index (χ2n) is 6.12. The Labute approximate surface area is 151 Å². The Morgan fingerprint density at radius 2 is 1.88 bits per heavy atom. The molecule has 0 aromatic carbocycles. The van der Waals surface area contributed by atoms with Gasteiger partial charge in [0.1, 0.15) is 7.28 Å². The minimum absolute atomic E-state index is 0.523. The summed E-state index contributed by atoms with van der Waals surface area (Å²) in [5, 5.41) is 0. The van der Waals surface area contributed by atoms with Gasteiger partial charge in [0.15, 0.2) is 0 Å². The van der Waals surface area contributed by atoms with Crippen LogP contribution in [0.3, 0.4) is 0 Å². The van der Waals surface area contributed by atoms with Gasteiger partial charge in [0.05, 0.1) is 0 Å². The van der Waals surface area contributed by atoms with E-state index < -0.39 is 0 Å². The standard InChI is InChI=1S/C23H32B/c1-8-11-12-23(18-24-17-22(7)21(6)10-3)16-15-20(5)14-13-19(4)9-2/h9-14,18,21-22H,3,5,8,17H2,1-2,4,6-7H3/b12-11-,14-13-,19-9-,23-18+/t21-,22?/m1/s1. The largest absolute Gasteiger partial charge is 0.143 e. The van der Waals surface area contributed by atoms with Crippen LogP contribution in [0.2, 0.25) is 6.32 Å². The monoisotopic (exact) mass is 319 g/mol. The van der Waals surface area contributed by atoms with E-state index in [1.165, 1.54) is 5.57 Å². The maximum atomic E-state index is 4.00. The van der Waals surface area contributed by atoms with Gasteiger partial charge in [0, 0.05) is 11.1 Å². The maximum absolute atomic E-state index is 4.00. The summed E-state index contributed by atoms with van der Waals surface area (Å²) >= 11 is 0. The predicted molar refractivity (Wildman–Crippen MR) is 112 cm³/mol. The molecular weight excluding hydrogens is 287 g/mol. The van der Waals surface area contributed by atoms with Crippen molar-refractivity contribution in [2.75, 3.05) is 0 Å². The van der Waals surface area contributed by atoms with Gasteiger partial charge in [0.25, 0.3) is 0 Å². The summed E-state index contributed by atoms with van der Waals surface area (Å²) in [6, 6.07) is 0. The van der Waals surface area contributed by atoms with Crippen molar-refractivity contribution in [2.24, 2.45) is 11.8 Å². The Kier molecular flexibility index (Phi) is 12.4. The molecule has 0 aromatic rings. The van der Waals surface area contributed by atoms with E-state index >= 15 is 0 Å². The van der Waals surface area contributed by atoms with Gasteiger partial charge in [-0.05, 0) is 38.2 Å². The zero-order valence-electron chi connectivity index (χ0n) is 16.1. The third-order valence-corrected chi connectivity index (χ3v) is 3.98. The van der Waals surface area contributed by atoms with Crippen molar-refractivity contribution in [1.82, 2.24) is 0 Å². The first-order valence-corrected chi connectivity index (χ1v) is 8.79. The highest BCUT2D eigenvalue weighted by atomic mass is 14.1. The van der Waals surface area contributed by atoms with Gasteiger partial charge in [-0.3, -0.25) is 0 Å². The van der Waals surface area contributed by atoms with Gasteiger partial charge in [-0.2, -0.15) is 0 Å². The lowest BCUT2D eigenvalue weighted by Gasteiger charge is -2.14. The van der Waals surface area contributed by atoms with Crippen molar-refractivity contribution in [3.63, 3.8) is 0 Å². The number of hydrogen-bond acceptors (Lipinski definition) is 0. The van der Waals surface area contributed by atoms with E-state index in [0.29, 0.717) is 11.8 Å². The fourth-order valence-corrected chi connectivity index (χ4v) is 1.76. The second-order valence-corrected chi connectivity index (χ2v) is 6.12. The molecular formula is C23H32B. The molecule has 0 heterocycles. The molecule has 24 heavy (non-hydrogen) atoms. The van der Waals surface area contributed by atoms with E-state index in [4.69, 9.17) is 0 Å². The van der Waals surface area contributed by atoms with Crippen LogP contribution in [0.15, 0.2) is 72.3 Å². The van der Waals surface area contributed by atoms with E-state index in [0.717, 1.165) is 23.9 Å². The van der Waals surface area contributed by atoms with Gasteiger partial charge in [0.2, 0.25) is 0 Å². The summed E-state index contributed by atoms with van der Waals surface area (Å²) in [5.74, 6) is 9.57. The Morgan fingerprint density at radius 1 is 1.17 bits per heavy atom. The molecule has 0 saturated heterocycles. The molecule has 0 saturated carbocycles. The molecule has 0 fully saturated rings. The van der Waals surface area contributed by atoms with Crippen LogP contribution in [-0.4, -0.2) is 7.28 Å². The molecule has 0 aliphatic rings. The third kappa shape index (κ3) is 10.7. The molecule has 0 aliphatic heterocycles. The van der Waals surface area contributed by atoms with Crippen LogP contribution in [0, 0.1) is 23.7 Å². The molecule has 2 atom stereocenters. The van der Waals surface area contributed by atoms with Crippen LogP contribution in [0.4, 0.5) is 0 Å². The number of allylic oxidation sites excluding steroid dienone is 9. The van der Waals surface area contributed by atoms with Crippen molar-refractivity contribution < 1.29 is 0 Å². The van der Waals surface area contributed by atoms with Gasteiger partial charge >= 0.3 is 0 Å². The summed E-state index contributed by atoms with van der Waals surface area (Å²) in [6.45, 7) is 18.5. The Hall–Kier alpha value is -1.94. The molecule has 0 amide bonds. The van der Waals surface area contributed by atoms with Gasteiger partial charge in [-0.15, -0.1) is 12.6 Å². The Balaban J connectivity index is 4.90. The van der Waals surface area contributed by atoms with Crippen molar-refractivity contribution in [1.29, 1.82) is 0 Å². The zero-order chi connectivity index (χ0) is 18.4. The molecule has 1 radical (unpaired) electrons. The summed E-state index contributed by atoms with van der Waals surface area (Å²) in [4.78, 5) is 0. The minimum atomic E-state index is 0.523. The summed E-state index contributed by atoms with van der Waals surface area (Å²) < 4.78 is 0. The summed E-state index contributed by atoms with van der Waals surface area (Å²) in [7, 11) is 2.21. The Morgan fingerprint density at radius 3 is 2.46 bits per heavy atom. The molecule has 0 aliphatic carbocycles. The smallest absolute Gasteiger partial charge is 0.107 e. The van der Waals surface area contributed by atoms with Crippen molar-refractivity contribution in [3.05, 3.63) is 72.3 Å². The molecule has 0 rings (SSSR count). The molecule has 1 unspecified atom stereocenters. The Bertz CT molecular complexity index is 573. The summed E-state index contributed by atoms with van der Waals surface area (Å²) in [5.41, 5.74) is 3.05. The fraction of sp³-hybridized carbons (Fsp3) is 0.391. The molecule has 0 spiro atoms. The second kappa shape index (κ2) is 13.5. The van der Waals surface area contributed by atoms with Gasteiger partial charge in [-0.25, -0.2) is 0 Å². The third-order valence-electron chi connectivity index (χ3n) is 3.98. The van der Waals surface area contributed by atoms with Crippen molar-refractivity contribution in [2.45, 2.75) is 47.4 Å². The first kappa shape index (κ1) is 22.1. The van der Waals surface area contributed by atoms with Gasteiger partial charge < -0.3 is 0 Å². The van der Waals surface area contributed by atoms with E-state index in [2.05, 4.69) is 84.2 Å². The van der Waals surface area contributed by atoms with E-state index in [-0.39, 0.29) is 0 Å². The normalized spacial score (nSPS) is 15.0. The summed E-state index contributed by atoms with van der Waals surface area (Å²) in [6.07, 6.45) is 14.3. The first-order valence-electron chi connectivity index (χ1n) is 8.79. The molecule has 0 N–H and O–H groups in total. The number of rotatable bonds is 9. The lowest BCUT2D eigenvalue weighted by Crippen LogP contribution is -2.07. The first-order chi connectivity index (χ1) is 11.4. The topological polar surface area (TPSA) is 0 Å². The fourth-order valence-electron chi connectivity index (χ4n) is 1.76. The maximum Gasteiger partial charge on any atom is 0.143 e. The molecule has 0 bridgehead atoms. The van der Waals surface area contributed by atoms with Crippen LogP contribution in [0.25, 0.3) is 0 Å². The lowest BCUT2D eigenvalue weighted by atomic mass is 9.66. The minimum Gasteiger partial charge on any atom is -0.107 e. The zero-order valence-corrected chi connectivity index (χ0v) is 16.1. The van der Waals surface area contributed by atoms with Crippen molar-refractivity contribution in [3.8, 4) is 11.8 Å². The highest BCUT2D eigenvalue weighted by Crippen LogP contribution is 2.16. The lowest BCUT2D eigenvalue weighted by molar-refractivity contribution is 0.504. The van der Waals surface area contributed by atoms with E-state index in [1.54, 1.807) is 0 Å². The van der Waals surface area contributed by atoms with Crippen LogP contribution in [0.1, 0.15) is 41.0 Å². The van der Waals surface area contributed by atoms with Crippen LogP contribution in [-0.2, 0) is 0 Å². The van der Waals surface area contributed by atoms with Crippen LogP contribution >= 0.6 is 0 Å². The van der Waals surface area contributed by atoms with E-state index in [1.807, 2.05) is 25.2 Å². The molecule has 127 valence electrons. The average molecular weight is 319 g/mol. The van der Waals surface area contributed by atoms with Crippen molar-refractivity contribution >= 4 is 7.28 Å². The highest BCUT2D eigenvalue weighted by Gasteiger charge is 2.07. The quantitative estimate of drug-likeness (QED) is 0.197. The number of hydrogen-bond donors (Lipinski definition) is 0. The SMILES string of the molecule is C=C[C@@H](C)C(C)C[B]/C=C(C#CC(=C)/C=C\C(C)=C/C)\C=C/CC. The molecule has 0 nitrogen and oxygen atoms in total. The van der Waals surface area contributed by atoms with Crippen LogP contribution < -0.4 is 0 Å². The van der Waals surface area contributed by atoms with Gasteiger partial charge in [-0.1, -0.05) is 81.5 Å². The average Bonchev–Trinajstić information content (AvgIpc) is 2.60. The highest BCUT2D eigenvalue weighted by molar-refractivity contribution is 6.42. The van der Waals surface area contributed by atoms with E-state index in [9.17, 15) is 0 Å². The molecule has 1 heteroatoms. The molecule has 0 aromatic heterocycles. The predicted octanol–water partition coefficient (Wildman–Crippen LogP) is 6.50.